The van der Waals surface area contributed by atoms with Crippen molar-refractivity contribution < 1.29 is 5.11 Å². The van der Waals surface area contributed by atoms with Gasteiger partial charge in [-0.2, -0.15) is 0 Å². The lowest BCUT2D eigenvalue weighted by Crippen LogP contribution is -2.17. The summed E-state index contributed by atoms with van der Waals surface area (Å²) in [6, 6.07) is 17.7. The van der Waals surface area contributed by atoms with E-state index in [1.165, 1.54) is 0 Å². The molecule has 0 aliphatic carbocycles. The number of aliphatic hydroxyl groups is 1. The topological polar surface area (TPSA) is 58.0 Å². The van der Waals surface area contributed by atoms with E-state index in [9.17, 15) is 5.11 Å². The molecule has 0 saturated heterocycles. The second kappa shape index (κ2) is 5.89. The van der Waals surface area contributed by atoms with Gasteiger partial charge in [-0.05, 0) is 19.1 Å². The van der Waals surface area contributed by atoms with E-state index in [1.807, 2.05) is 54.6 Å². The molecule has 1 atom stereocenters. The van der Waals surface area contributed by atoms with Crippen molar-refractivity contribution >= 4 is 16.9 Å². The van der Waals surface area contributed by atoms with E-state index < -0.39 is 6.10 Å². The molecule has 0 fully saturated rings. The number of benzene rings is 2. The lowest BCUT2D eigenvalue weighted by molar-refractivity contribution is 0.208. The maximum absolute atomic E-state index is 9.48. The van der Waals surface area contributed by atoms with Crippen LogP contribution in [0.5, 0.6) is 0 Å². The number of hydrogen-bond acceptors (Lipinski definition) is 4. The summed E-state index contributed by atoms with van der Waals surface area (Å²) in [5.41, 5.74) is 3.50. The van der Waals surface area contributed by atoms with E-state index in [-0.39, 0.29) is 0 Å². The maximum atomic E-state index is 9.48. The van der Waals surface area contributed by atoms with Crippen LogP contribution in [0.15, 0.2) is 54.6 Å². The Bertz CT molecular complexity index is 741. The highest BCUT2D eigenvalue weighted by atomic mass is 16.3. The van der Waals surface area contributed by atoms with Crippen molar-refractivity contribution in [1.82, 2.24) is 9.97 Å². The number of nitrogens with one attached hydrogen (secondary N) is 1. The zero-order valence-corrected chi connectivity index (χ0v) is 11.8. The summed E-state index contributed by atoms with van der Waals surface area (Å²) in [6.45, 7) is 2.18. The fourth-order valence-electron chi connectivity index (χ4n) is 2.16. The van der Waals surface area contributed by atoms with E-state index in [4.69, 9.17) is 4.98 Å². The van der Waals surface area contributed by atoms with Crippen molar-refractivity contribution in [2.45, 2.75) is 13.0 Å². The molecule has 3 aromatic rings. The molecular weight excluding hydrogens is 262 g/mol. The van der Waals surface area contributed by atoms with Crippen molar-refractivity contribution in [2.24, 2.45) is 0 Å². The van der Waals surface area contributed by atoms with Crippen LogP contribution in [0.3, 0.4) is 0 Å². The van der Waals surface area contributed by atoms with Gasteiger partial charge in [0, 0.05) is 12.1 Å². The highest BCUT2D eigenvalue weighted by Gasteiger charge is 2.11. The van der Waals surface area contributed by atoms with Crippen molar-refractivity contribution in [3.05, 3.63) is 54.6 Å². The number of hydrogen-bond donors (Lipinski definition) is 2. The predicted octanol–water partition coefficient (Wildman–Crippen LogP) is 3.09. The largest absolute Gasteiger partial charge is 0.392 e. The van der Waals surface area contributed by atoms with Crippen molar-refractivity contribution in [2.75, 3.05) is 11.9 Å². The molecule has 0 amide bonds. The van der Waals surface area contributed by atoms with Gasteiger partial charge >= 0.3 is 0 Å². The summed E-state index contributed by atoms with van der Waals surface area (Å²) in [5.74, 6) is 0.695. The normalized spacial score (nSPS) is 12.3. The molecule has 0 spiro atoms. The van der Waals surface area contributed by atoms with Crippen LogP contribution in [0, 0.1) is 0 Å². The minimum atomic E-state index is -0.443. The Morgan fingerprint density at radius 2 is 1.57 bits per heavy atom. The number of fused-ring (bicyclic) bond motifs is 1. The van der Waals surface area contributed by atoms with Gasteiger partial charge in [0.25, 0.3) is 0 Å². The average molecular weight is 279 g/mol. The third-order valence-corrected chi connectivity index (χ3v) is 3.18. The van der Waals surface area contributed by atoms with Gasteiger partial charge < -0.3 is 10.4 Å². The maximum Gasteiger partial charge on any atom is 0.153 e. The van der Waals surface area contributed by atoms with Gasteiger partial charge in [0.15, 0.2) is 5.82 Å². The Labute approximate surface area is 123 Å². The molecule has 21 heavy (non-hydrogen) atoms. The number of aromatic nitrogens is 2. The summed E-state index contributed by atoms with van der Waals surface area (Å²) in [7, 11) is 0. The zero-order chi connectivity index (χ0) is 14.7. The first-order valence-corrected chi connectivity index (χ1v) is 6.98. The molecule has 1 heterocycles. The summed E-state index contributed by atoms with van der Waals surface area (Å²) < 4.78 is 0. The number of anilines is 1. The molecule has 106 valence electrons. The van der Waals surface area contributed by atoms with Crippen LogP contribution in [0.25, 0.3) is 22.3 Å². The highest BCUT2D eigenvalue weighted by Crippen LogP contribution is 2.26. The molecule has 4 nitrogen and oxygen atoms in total. The third-order valence-electron chi connectivity index (χ3n) is 3.18. The molecule has 0 saturated carbocycles. The summed E-state index contributed by atoms with van der Waals surface area (Å²) in [4.78, 5) is 9.36. The van der Waals surface area contributed by atoms with E-state index in [2.05, 4.69) is 10.3 Å². The van der Waals surface area contributed by atoms with Gasteiger partial charge in [-0.25, -0.2) is 9.97 Å². The lowest BCUT2D eigenvalue weighted by Gasteiger charge is -2.13. The smallest absolute Gasteiger partial charge is 0.153 e. The molecule has 3 rings (SSSR count). The first kappa shape index (κ1) is 13.5. The molecule has 2 aromatic carbocycles. The van der Waals surface area contributed by atoms with Crippen LogP contribution in [0.1, 0.15) is 6.92 Å². The van der Waals surface area contributed by atoms with Crippen LogP contribution in [-0.2, 0) is 0 Å². The number of nitrogens with zero attached hydrogens (tertiary/aromatic N) is 2. The quantitative estimate of drug-likeness (QED) is 0.770. The van der Waals surface area contributed by atoms with Crippen molar-refractivity contribution in [1.29, 1.82) is 0 Å². The monoisotopic (exact) mass is 279 g/mol. The SMILES string of the molecule is C[C@@H](O)CNc1nc2ccccc2nc1-c1ccccc1. The molecule has 0 bridgehead atoms. The first-order valence-electron chi connectivity index (χ1n) is 6.98. The molecule has 1 aromatic heterocycles. The lowest BCUT2D eigenvalue weighted by atomic mass is 10.1. The minimum Gasteiger partial charge on any atom is -0.392 e. The number of rotatable bonds is 4. The second-order valence-corrected chi connectivity index (χ2v) is 5.01. The fraction of sp³-hybridized carbons (Fsp3) is 0.176. The van der Waals surface area contributed by atoms with Crippen LogP contribution in [-0.4, -0.2) is 27.7 Å². The Balaban J connectivity index is 2.12. The average Bonchev–Trinajstić information content (AvgIpc) is 2.53. The number of aliphatic hydroxyl groups excluding tert-OH is 1. The van der Waals surface area contributed by atoms with Gasteiger partial charge in [-0.15, -0.1) is 0 Å². The number of para-hydroxylation sites is 2. The second-order valence-electron chi connectivity index (χ2n) is 5.01. The van der Waals surface area contributed by atoms with Crippen LogP contribution in [0.2, 0.25) is 0 Å². The van der Waals surface area contributed by atoms with Gasteiger partial charge in [-0.3, -0.25) is 0 Å². The standard InChI is InChI=1S/C17H17N3O/c1-12(21)11-18-17-16(13-7-3-2-4-8-13)19-14-9-5-6-10-15(14)20-17/h2-10,12,21H,11H2,1H3,(H,18,20)/t12-/m1/s1. The summed E-state index contributed by atoms with van der Waals surface area (Å²) >= 11 is 0. The Kier molecular flexibility index (Phi) is 3.79. The molecule has 0 radical (unpaired) electrons. The Morgan fingerprint density at radius 3 is 2.24 bits per heavy atom. The fourth-order valence-corrected chi connectivity index (χ4v) is 2.16. The van der Waals surface area contributed by atoms with E-state index in [1.54, 1.807) is 6.92 Å². The van der Waals surface area contributed by atoms with E-state index in [0.717, 1.165) is 22.3 Å². The van der Waals surface area contributed by atoms with Gasteiger partial charge in [-0.1, -0.05) is 42.5 Å². The minimum absolute atomic E-state index is 0.437. The van der Waals surface area contributed by atoms with Crippen LogP contribution < -0.4 is 5.32 Å². The van der Waals surface area contributed by atoms with Crippen LogP contribution in [0.4, 0.5) is 5.82 Å². The zero-order valence-electron chi connectivity index (χ0n) is 11.8. The molecule has 2 N–H and O–H groups in total. The van der Waals surface area contributed by atoms with Gasteiger partial charge in [0.2, 0.25) is 0 Å². The van der Waals surface area contributed by atoms with Crippen LogP contribution >= 0.6 is 0 Å². The van der Waals surface area contributed by atoms with E-state index in [0.29, 0.717) is 12.4 Å². The van der Waals surface area contributed by atoms with Gasteiger partial charge in [0.1, 0.15) is 5.69 Å². The molecule has 4 heteroatoms. The van der Waals surface area contributed by atoms with Gasteiger partial charge in [0.05, 0.1) is 17.1 Å². The Hall–Kier alpha value is -2.46. The molecule has 0 unspecified atom stereocenters. The third kappa shape index (κ3) is 3.01. The molecule has 0 aliphatic heterocycles. The van der Waals surface area contributed by atoms with E-state index >= 15 is 0 Å². The Morgan fingerprint density at radius 1 is 0.952 bits per heavy atom. The highest BCUT2D eigenvalue weighted by molar-refractivity contribution is 5.83. The predicted molar refractivity (Wildman–Crippen MR) is 85.1 cm³/mol. The van der Waals surface area contributed by atoms with Crippen molar-refractivity contribution in [3.63, 3.8) is 0 Å². The van der Waals surface area contributed by atoms with Crippen molar-refractivity contribution in [3.8, 4) is 11.3 Å². The molecule has 0 aliphatic rings. The summed E-state index contributed by atoms with van der Waals surface area (Å²) in [5, 5.41) is 12.7. The summed E-state index contributed by atoms with van der Waals surface area (Å²) in [6.07, 6.45) is -0.443. The first-order chi connectivity index (χ1) is 10.2. The molecular formula is C17H17N3O.